The molecule has 2 atom stereocenters. The van der Waals surface area contributed by atoms with Gasteiger partial charge < -0.3 is 25.2 Å². The summed E-state index contributed by atoms with van der Waals surface area (Å²) in [5.41, 5.74) is 2.33. The summed E-state index contributed by atoms with van der Waals surface area (Å²) in [4.78, 5) is 4.46. The monoisotopic (exact) mass is 511 g/mol. The molecular formula is C22H30IN3O3. The molecule has 158 valence electrons. The quantitative estimate of drug-likeness (QED) is 0.274. The van der Waals surface area contributed by atoms with Crippen LogP contribution in [0.1, 0.15) is 18.1 Å². The molecule has 3 rings (SSSR count). The van der Waals surface area contributed by atoms with E-state index in [1.165, 1.54) is 5.56 Å². The fraction of sp³-hybridized carbons (Fsp3) is 0.409. The lowest BCUT2D eigenvalue weighted by Crippen LogP contribution is -2.42. The number of halogens is 1. The van der Waals surface area contributed by atoms with E-state index in [9.17, 15) is 5.11 Å². The van der Waals surface area contributed by atoms with E-state index in [1.807, 2.05) is 55.5 Å². The molecule has 6 nitrogen and oxygen atoms in total. The van der Waals surface area contributed by atoms with Gasteiger partial charge in [0.25, 0.3) is 0 Å². The number of guanidine groups is 1. The van der Waals surface area contributed by atoms with E-state index >= 15 is 0 Å². The van der Waals surface area contributed by atoms with Crippen LogP contribution in [0.15, 0.2) is 59.6 Å². The molecule has 0 spiro atoms. The minimum absolute atomic E-state index is 0. The zero-order chi connectivity index (χ0) is 19.6. The molecule has 0 aliphatic carbocycles. The molecule has 29 heavy (non-hydrogen) atoms. The second-order valence-electron chi connectivity index (χ2n) is 6.81. The lowest BCUT2D eigenvalue weighted by molar-refractivity contribution is 0.0331. The molecule has 2 aromatic carbocycles. The van der Waals surface area contributed by atoms with Crippen LogP contribution in [0.3, 0.4) is 0 Å². The highest BCUT2D eigenvalue weighted by Crippen LogP contribution is 2.27. The Bertz CT molecular complexity index is 733. The average molecular weight is 511 g/mol. The molecule has 2 unspecified atom stereocenters. The van der Waals surface area contributed by atoms with Gasteiger partial charge in [0.1, 0.15) is 11.9 Å². The van der Waals surface area contributed by atoms with E-state index in [0.717, 1.165) is 24.3 Å². The van der Waals surface area contributed by atoms with Gasteiger partial charge in [0.15, 0.2) is 5.96 Å². The van der Waals surface area contributed by atoms with Gasteiger partial charge in [0, 0.05) is 13.0 Å². The summed E-state index contributed by atoms with van der Waals surface area (Å²) in [7, 11) is 0. The third-order valence-electron chi connectivity index (χ3n) is 4.44. The molecule has 1 aliphatic heterocycles. The molecule has 0 radical (unpaired) electrons. The summed E-state index contributed by atoms with van der Waals surface area (Å²) >= 11 is 0. The van der Waals surface area contributed by atoms with Crippen molar-refractivity contribution >= 4 is 29.9 Å². The van der Waals surface area contributed by atoms with Gasteiger partial charge in [-0.05, 0) is 24.1 Å². The molecule has 3 N–H and O–H groups in total. The van der Waals surface area contributed by atoms with Crippen LogP contribution >= 0.6 is 24.0 Å². The van der Waals surface area contributed by atoms with Crippen LogP contribution in [0.2, 0.25) is 0 Å². The highest BCUT2D eigenvalue weighted by atomic mass is 127. The Kier molecular flexibility index (Phi) is 10.2. The number of fused-ring (bicyclic) bond motifs is 1. The van der Waals surface area contributed by atoms with Gasteiger partial charge in [-0.3, -0.25) is 4.99 Å². The van der Waals surface area contributed by atoms with Crippen molar-refractivity contribution < 1.29 is 14.6 Å². The fourth-order valence-corrected chi connectivity index (χ4v) is 3.06. The minimum Gasteiger partial charge on any atom is -0.488 e. The Morgan fingerprint density at radius 3 is 2.69 bits per heavy atom. The second-order valence-corrected chi connectivity index (χ2v) is 6.81. The smallest absolute Gasteiger partial charge is 0.191 e. The molecule has 2 aromatic rings. The summed E-state index contributed by atoms with van der Waals surface area (Å²) in [6.45, 7) is 4.42. The van der Waals surface area contributed by atoms with Crippen LogP contribution in [0, 0.1) is 0 Å². The zero-order valence-corrected chi connectivity index (χ0v) is 19.0. The summed E-state index contributed by atoms with van der Waals surface area (Å²) in [5, 5.41) is 16.6. The Hall–Kier alpha value is -1.84. The lowest BCUT2D eigenvalue weighted by atomic mass is 10.1. The number of hydrogen-bond acceptors (Lipinski definition) is 4. The highest BCUT2D eigenvalue weighted by Gasteiger charge is 2.22. The van der Waals surface area contributed by atoms with Crippen LogP contribution in [0.4, 0.5) is 0 Å². The number of nitrogens with one attached hydrogen (secondary N) is 2. The molecule has 0 bridgehead atoms. The normalized spacial score (nSPS) is 16.3. The van der Waals surface area contributed by atoms with E-state index in [-0.39, 0.29) is 43.2 Å². The van der Waals surface area contributed by atoms with Crippen LogP contribution < -0.4 is 15.4 Å². The van der Waals surface area contributed by atoms with Gasteiger partial charge in [0.05, 0.1) is 32.4 Å². The third kappa shape index (κ3) is 7.83. The van der Waals surface area contributed by atoms with Crippen molar-refractivity contribution in [3.63, 3.8) is 0 Å². The Balaban J connectivity index is 0.00000300. The number of nitrogens with zero attached hydrogens (tertiary/aromatic N) is 1. The number of aliphatic imine (C=N–C) groups is 1. The molecule has 0 amide bonds. The largest absolute Gasteiger partial charge is 0.488 e. The second kappa shape index (κ2) is 12.7. The van der Waals surface area contributed by atoms with E-state index in [4.69, 9.17) is 9.47 Å². The average Bonchev–Trinajstić information content (AvgIpc) is 3.14. The predicted molar refractivity (Wildman–Crippen MR) is 126 cm³/mol. The maximum absolute atomic E-state index is 10.1. The predicted octanol–water partition coefficient (Wildman–Crippen LogP) is 2.74. The van der Waals surface area contributed by atoms with Crippen molar-refractivity contribution in [2.75, 3.05) is 26.2 Å². The number of hydrogen-bond donors (Lipinski definition) is 3. The first-order valence-electron chi connectivity index (χ1n) is 9.81. The maximum Gasteiger partial charge on any atom is 0.191 e. The third-order valence-corrected chi connectivity index (χ3v) is 4.44. The number of rotatable bonds is 9. The molecule has 1 aliphatic rings. The minimum atomic E-state index is -0.647. The van der Waals surface area contributed by atoms with Crippen LogP contribution in [-0.4, -0.2) is 49.5 Å². The summed E-state index contributed by atoms with van der Waals surface area (Å²) in [5.74, 6) is 1.63. The van der Waals surface area contributed by atoms with Gasteiger partial charge >= 0.3 is 0 Å². The Morgan fingerprint density at radius 2 is 1.93 bits per heavy atom. The molecule has 7 heteroatoms. The van der Waals surface area contributed by atoms with Gasteiger partial charge in [-0.15, -0.1) is 24.0 Å². The van der Waals surface area contributed by atoms with Crippen LogP contribution in [-0.2, 0) is 17.8 Å². The summed E-state index contributed by atoms with van der Waals surface area (Å²) in [6, 6.07) is 18.0. The molecule has 0 saturated heterocycles. The topological polar surface area (TPSA) is 75.1 Å². The van der Waals surface area contributed by atoms with Crippen LogP contribution in [0.25, 0.3) is 0 Å². The number of ether oxygens (including phenoxy) is 2. The first-order chi connectivity index (χ1) is 13.7. The first kappa shape index (κ1) is 23.4. The van der Waals surface area contributed by atoms with E-state index < -0.39 is 6.10 Å². The summed E-state index contributed by atoms with van der Waals surface area (Å²) in [6.07, 6.45) is 0.324. The summed E-state index contributed by atoms with van der Waals surface area (Å²) < 4.78 is 11.5. The van der Waals surface area contributed by atoms with Crippen molar-refractivity contribution in [1.82, 2.24) is 10.6 Å². The highest BCUT2D eigenvalue weighted by molar-refractivity contribution is 14.0. The SMILES string of the molecule is CCNC(=NCC(O)COCc1ccccc1)NCC1Cc2ccccc2O1.I. The number of aliphatic hydroxyl groups is 1. The van der Waals surface area contributed by atoms with Crippen molar-refractivity contribution in [2.45, 2.75) is 32.2 Å². The maximum atomic E-state index is 10.1. The number of benzene rings is 2. The molecule has 1 heterocycles. The van der Waals surface area contributed by atoms with Crippen LogP contribution in [0.5, 0.6) is 5.75 Å². The molecular weight excluding hydrogens is 481 g/mol. The van der Waals surface area contributed by atoms with Crippen molar-refractivity contribution in [3.05, 3.63) is 65.7 Å². The number of para-hydroxylation sites is 1. The lowest BCUT2D eigenvalue weighted by Gasteiger charge is -2.16. The van der Waals surface area contributed by atoms with E-state index in [1.54, 1.807) is 0 Å². The molecule has 0 saturated carbocycles. The van der Waals surface area contributed by atoms with Gasteiger partial charge in [-0.1, -0.05) is 48.5 Å². The van der Waals surface area contributed by atoms with Crippen molar-refractivity contribution in [3.8, 4) is 5.75 Å². The first-order valence-corrected chi connectivity index (χ1v) is 9.81. The van der Waals surface area contributed by atoms with Crippen molar-refractivity contribution in [2.24, 2.45) is 4.99 Å². The van der Waals surface area contributed by atoms with Gasteiger partial charge in [0.2, 0.25) is 0 Å². The van der Waals surface area contributed by atoms with Gasteiger partial charge in [-0.2, -0.15) is 0 Å². The van der Waals surface area contributed by atoms with E-state index in [0.29, 0.717) is 19.1 Å². The molecule has 0 aromatic heterocycles. The standard InChI is InChI=1S/C22H29N3O3.HI/c1-2-23-22(25-14-20-12-18-10-6-7-11-21(18)28-20)24-13-19(26)16-27-15-17-8-4-3-5-9-17;/h3-11,19-20,26H,2,12-16H2,1H3,(H2,23,24,25);1H. The van der Waals surface area contributed by atoms with Gasteiger partial charge in [-0.25, -0.2) is 0 Å². The van der Waals surface area contributed by atoms with Crippen molar-refractivity contribution in [1.29, 1.82) is 0 Å². The molecule has 0 fully saturated rings. The Morgan fingerprint density at radius 1 is 1.17 bits per heavy atom. The Labute approximate surface area is 189 Å². The number of aliphatic hydroxyl groups excluding tert-OH is 1. The zero-order valence-electron chi connectivity index (χ0n) is 16.7. The fourth-order valence-electron chi connectivity index (χ4n) is 3.06. The van der Waals surface area contributed by atoms with E-state index in [2.05, 4.69) is 21.7 Å².